The fourth-order valence-corrected chi connectivity index (χ4v) is 2.37. The molecule has 6 nitrogen and oxygen atoms in total. The summed E-state index contributed by atoms with van der Waals surface area (Å²) in [5, 5.41) is 7.50. The quantitative estimate of drug-likeness (QED) is 0.466. The number of fused-ring (bicyclic) bond motifs is 1. The molecule has 3 aromatic rings. The summed E-state index contributed by atoms with van der Waals surface area (Å²) in [6.07, 6.45) is -8.64. The van der Waals surface area contributed by atoms with Gasteiger partial charge in [-0.15, -0.1) is 10.2 Å². The van der Waals surface area contributed by atoms with Crippen LogP contribution in [0.3, 0.4) is 0 Å². The van der Waals surface area contributed by atoms with Gasteiger partial charge in [-0.2, -0.15) is 26.3 Å². The van der Waals surface area contributed by atoms with E-state index >= 15 is 0 Å². The Balaban J connectivity index is 2.02. The monoisotopic (exact) mass is 402 g/mol. The molecule has 0 aliphatic heterocycles. The second-order valence-corrected chi connectivity index (χ2v) is 5.91. The van der Waals surface area contributed by atoms with E-state index in [1.54, 1.807) is 19.0 Å². The summed E-state index contributed by atoms with van der Waals surface area (Å²) < 4.78 is 76.7. The average Bonchev–Trinajstić information content (AvgIpc) is 3.04. The molecule has 0 bridgehead atoms. The number of benzene rings is 1. The Morgan fingerprint density at radius 1 is 0.929 bits per heavy atom. The van der Waals surface area contributed by atoms with Crippen LogP contribution in [0.1, 0.15) is 11.4 Å². The van der Waals surface area contributed by atoms with Gasteiger partial charge in [0.15, 0.2) is 5.82 Å². The molecule has 0 aliphatic rings. The molecular weight excluding hydrogens is 390 g/mol. The number of halogens is 6. The van der Waals surface area contributed by atoms with Crippen molar-refractivity contribution in [2.24, 2.45) is 10.2 Å². The van der Waals surface area contributed by atoms with E-state index in [4.69, 9.17) is 0 Å². The second kappa shape index (κ2) is 6.77. The predicted octanol–water partition coefficient (Wildman–Crippen LogP) is 5.48. The van der Waals surface area contributed by atoms with Gasteiger partial charge < -0.3 is 9.88 Å². The number of nitrogens with zero attached hydrogens (tertiary/aromatic N) is 5. The van der Waals surface area contributed by atoms with Gasteiger partial charge in [-0.3, -0.25) is 0 Å². The van der Waals surface area contributed by atoms with Crippen LogP contribution in [0, 0.1) is 0 Å². The van der Waals surface area contributed by atoms with Crippen molar-refractivity contribution >= 4 is 28.2 Å². The number of pyridine rings is 1. The van der Waals surface area contributed by atoms with Crippen molar-refractivity contribution in [3.05, 3.63) is 41.9 Å². The smallest absolute Gasteiger partial charge is 0.376 e. The van der Waals surface area contributed by atoms with E-state index in [2.05, 4.69) is 25.2 Å². The Morgan fingerprint density at radius 2 is 1.64 bits per heavy atom. The molecular formula is C16H12F6N6. The number of aromatic nitrogens is 3. The van der Waals surface area contributed by atoms with Gasteiger partial charge in [-0.25, -0.2) is 9.97 Å². The first-order chi connectivity index (χ1) is 13.0. The largest absolute Gasteiger partial charge is 0.449 e. The molecule has 0 unspecified atom stereocenters. The Labute approximate surface area is 153 Å². The van der Waals surface area contributed by atoms with Crippen LogP contribution in [0.4, 0.5) is 43.5 Å². The molecule has 0 saturated carbocycles. The highest BCUT2D eigenvalue weighted by molar-refractivity contribution is 5.96. The molecule has 28 heavy (non-hydrogen) atoms. The van der Waals surface area contributed by atoms with Crippen LogP contribution >= 0.6 is 0 Å². The molecule has 2 aromatic heterocycles. The normalized spacial score (nSPS) is 12.9. The Kier molecular flexibility index (Phi) is 4.73. The number of aromatic amines is 1. The first kappa shape index (κ1) is 19.6. The van der Waals surface area contributed by atoms with Gasteiger partial charge in [0.2, 0.25) is 5.82 Å². The summed E-state index contributed by atoms with van der Waals surface area (Å²) in [5.41, 5.74) is -0.465. The highest BCUT2D eigenvalue weighted by atomic mass is 19.4. The van der Waals surface area contributed by atoms with E-state index in [-0.39, 0.29) is 22.5 Å². The molecule has 3 rings (SSSR count). The topological polar surface area (TPSA) is 69.5 Å². The minimum atomic E-state index is -4.69. The number of hydrogen-bond donors (Lipinski definition) is 1. The molecule has 0 radical (unpaired) electrons. The Bertz CT molecular complexity index is 1020. The number of H-pyrrole nitrogens is 1. The zero-order chi connectivity index (χ0) is 20.7. The lowest BCUT2D eigenvalue weighted by molar-refractivity contribution is -0.144. The molecule has 0 aliphatic carbocycles. The number of hydrogen-bond acceptors (Lipinski definition) is 5. The predicted molar refractivity (Wildman–Crippen MR) is 88.8 cm³/mol. The molecule has 1 aromatic carbocycles. The Hall–Kier alpha value is -3.18. The third kappa shape index (κ3) is 3.89. The fourth-order valence-electron chi connectivity index (χ4n) is 2.37. The molecule has 0 fully saturated rings. The van der Waals surface area contributed by atoms with Crippen molar-refractivity contribution in [1.29, 1.82) is 0 Å². The van der Waals surface area contributed by atoms with Crippen molar-refractivity contribution in [3.8, 4) is 0 Å². The number of anilines is 1. The van der Waals surface area contributed by atoms with Gasteiger partial charge in [0.05, 0.1) is 16.8 Å². The molecule has 0 amide bonds. The number of nitrogens with one attached hydrogen (secondary N) is 1. The second-order valence-electron chi connectivity index (χ2n) is 5.91. The van der Waals surface area contributed by atoms with Crippen molar-refractivity contribution in [3.63, 3.8) is 0 Å². The van der Waals surface area contributed by atoms with Crippen molar-refractivity contribution in [1.82, 2.24) is 15.0 Å². The van der Waals surface area contributed by atoms with Crippen LogP contribution in [0.25, 0.3) is 11.0 Å². The fraction of sp³-hybridized carbons (Fsp3) is 0.250. The van der Waals surface area contributed by atoms with Crippen LogP contribution in [0.2, 0.25) is 0 Å². The molecule has 0 spiro atoms. The van der Waals surface area contributed by atoms with Gasteiger partial charge in [-0.05, 0) is 24.3 Å². The standard InChI is InChI=1S/C16H12F6N6/c1-28(2)10-5-4-9(12-13(10)25-14(24-12)16(20,21)22)26-27-11-6-3-8(7-23-11)15(17,18)19/h3-7H,1-2H3,(H,24,25). The zero-order valence-corrected chi connectivity index (χ0v) is 14.4. The van der Waals surface area contributed by atoms with Crippen molar-refractivity contribution < 1.29 is 26.3 Å². The SMILES string of the molecule is CN(C)c1ccc(N=Nc2ccc(C(F)(F)F)cn2)c2nc(C(F)(F)F)[nH]c12. The summed E-state index contributed by atoms with van der Waals surface area (Å²) in [4.78, 5) is 10.9. The van der Waals surface area contributed by atoms with Gasteiger partial charge >= 0.3 is 12.4 Å². The zero-order valence-electron chi connectivity index (χ0n) is 14.4. The molecule has 2 heterocycles. The maximum absolute atomic E-state index is 13.0. The first-order valence-electron chi connectivity index (χ1n) is 7.69. The lowest BCUT2D eigenvalue weighted by Crippen LogP contribution is -2.09. The molecule has 0 atom stereocenters. The number of imidazole rings is 1. The van der Waals surface area contributed by atoms with Gasteiger partial charge in [-0.1, -0.05) is 0 Å². The van der Waals surface area contributed by atoms with Crippen LogP contribution in [0.5, 0.6) is 0 Å². The van der Waals surface area contributed by atoms with E-state index < -0.39 is 23.7 Å². The minimum Gasteiger partial charge on any atom is -0.376 e. The van der Waals surface area contributed by atoms with Crippen LogP contribution in [-0.2, 0) is 12.4 Å². The lowest BCUT2D eigenvalue weighted by atomic mass is 10.2. The van der Waals surface area contributed by atoms with Crippen LogP contribution in [-0.4, -0.2) is 29.0 Å². The number of rotatable bonds is 3. The summed E-state index contributed by atoms with van der Waals surface area (Å²) in [7, 11) is 3.30. The number of alkyl halides is 6. The summed E-state index contributed by atoms with van der Waals surface area (Å²) in [6.45, 7) is 0. The van der Waals surface area contributed by atoms with Crippen LogP contribution < -0.4 is 4.90 Å². The maximum Gasteiger partial charge on any atom is 0.449 e. The minimum absolute atomic E-state index is 0.00838. The molecule has 148 valence electrons. The van der Waals surface area contributed by atoms with E-state index in [1.165, 1.54) is 12.1 Å². The average molecular weight is 402 g/mol. The van der Waals surface area contributed by atoms with Gasteiger partial charge in [0.25, 0.3) is 0 Å². The van der Waals surface area contributed by atoms with Crippen molar-refractivity contribution in [2.45, 2.75) is 12.4 Å². The lowest BCUT2D eigenvalue weighted by Gasteiger charge is -2.13. The first-order valence-corrected chi connectivity index (χ1v) is 7.69. The summed E-state index contributed by atoms with van der Waals surface area (Å²) in [6, 6.07) is 4.72. The van der Waals surface area contributed by atoms with Crippen molar-refractivity contribution in [2.75, 3.05) is 19.0 Å². The number of azo groups is 1. The molecule has 12 heteroatoms. The van der Waals surface area contributed by atoms with E-state index in [1.807, 2.05) is 0 Å². The van der Waals surface area contributed by atoms with E-state index in [0.29, 0.717) is 11.9 Å². The molecule has 1 N–H and O–H groups in total. The van der Waals surface area contributed by atoms with E-state index in [0.717, 1.165) is 12.1 Å². The third-order valence-electron chi connectivity index (χ3n) is 3.69. The van der Waals surface area contributed by atoms with Gasteiger partial charge in [0.1, 0.15) is 11.2 Å². The maximum atomic E-state index is 13.0. The highest BCUT2D eigenvalue weighted by Crippen LogP contribution is 2.36. The van der Waals surface area contributed by atoms with Crippen LogP contribution in [0.15, 0.2) is 40.7 Å². The third-order valence-corrected chi connectivity index (χ3v) is 3.69. The summed E-state index contributed by atoms with van der Waals surface area (Å²) >= 11 is 0. The molecule has 0 saturated heterocycles. The van der Waals surface area contributed by atoms with Gasteiger partial charge in [0, 0.05) is 20.3 Å². The summed E-state index contributed by atoms with van der Waals surface area (Å²) in [5.74, 6) is -1.33. The highest BCUT2D eigenvalue weighted by Gasteiger charge is 2.35. The van der Waals surface area contributed by atoms with E-state index in [9.17, 15) is 26.3 Å². The Morgan fingerprint density at radius 3 is 2.18 bits per heavy atom.